The summed E-state index contributed by atoms with van der Waals surface area (Å²) in [5.74, 6) is -1.68. The lowest BCUT2D eigenvalue weighted by Crippen LogP contribution is -2.26. The molecule has 0 N–H and O–H groups in total. The zero-order valence-corrected chi connectivity index (χ0v) is 10.5. The molecule has 1 aromatic rings. The van der Waals surface area contributed by atoms with E-state index in [0.29, 0.717) is 23.1 Å². The van der Waals surface area contributed by atoms with E-state index in [1.807, 2.05) is 0 Å². The van der Waals surface area contributed by atoms with Crippen molar-refractivity contribution >= 4 is 23.9 Å². The van der Waals surface area contributed by atoms with Crippen LogP contribution in [0, 0.1) is 5.92 Å². The maximum absolute atomic E-state index is 11.6. The first-order chi connectivity index (χ1) is 9.08. The lowest BCUT2D eigenvalue weighted by molar-refractivity contribution is -0.132. The van der Waals surface area contributed by atoms with E-state index >= 15 is 0 Å². The highest BCUT2D eigenvalue weighted by Crippen LogP contribution is 2.19. The summed E-state index contributed by atoms with van der Waals surface area (Å²) in [5.41, 5.74) is 1.41. The van der Waals surface area contributed by atoms with Crippen molar-refractivity contribution in [1.29, 1.82) is 0 Å². The van der Waals surface area contributed by atoms with Crippen molar-refractivity contribution in [3.05, 3.63) is 35.4 Å². The summed E-state index contributed by atoms with van der Waals surface area (Å²) >= 11 is 0. The zero-order chi connectivity index (χ0) is 14.0. The van der Waals surface area contributed by atoms with E-state index < -0.39 is 11.9 Å². The molecule has 1 unspecified atom stereocenters. The smallest absolute Gasteiger partial charge is 0.337 e. The molecular weight excluding hydrogens is 248 g/mol. The van der Waals surface area contributed by atoms with Gasteiger partial charge in [-0.05, 0) is 17.7 Å². The number of ether oxygens (including phenoxy) is 1. The Hall–Kier alpha value is -2.50. The van der Waals surface area contributed by atoms with Crippen LogP contribution in [0.25, 0.3) is 0 Å². The number of nitrogens with zero attached hydrogens (tertiary/aromatic N) is 2. The van der Waals surface area contributed by atoms with E-state index in [9.17, 15) is 14.4 Å². The van der Waals surface area contributed by atoms with Crippen molar-refractivity contribution < 1.29 is 19.1 Å². The highest BCUT2D eigenvalue weighted by Gasteiger charge is 2.34. The average molecular weight is 260 g/mol. The third-order valence-corrected chi connectivity index (χ3v) is 2.88. The standard InChI is InChI=1S/C13H12N2O4/c1-15-12(17)10(7-16)11(14-15)8-3-5-9(6-4-8)13(18)19-2/h3-7,10H,1-2H3. The predicted octanol–water partition coefficient (Wildman–Crippen LogP) is 0.464. The molecule has 0 saturated carbocycles. The lowest BCUT2D eigenvalue weighted by Gasteiger charge is -2.04. The average Bonchev–Trinajstić information content (AvgIpc) is 2.73. The second-order valence-corrected chi connectivity index (χ2v) is 4.03. The highest BCUT2D eigenvalue weighted by molar-refractivity contribution is 6.23. The summed E-state index contributed by atoms with van der Waals surface area (Å²) in [7, 11) is 2.79. The third kappa shape index (κ3) is 2.24. The Balaban J connectivity index is 2.32. The highest BCUT2D eigenvalue weighted by atomic mass is 16.5. The first kappa shape index (κ1) is 12.9. The van der Waals surface area contributed by atoms with Gasteiger partial charge in [-0.25, -0.2) is 9.80 Å². The maximum Gasteiger partial charge on any atom is 0.337 e. The molecule has 1 amide bonds. The van der Waals surface area contributed by atoms with Gasteiger partial charge in [0.2, 0.25) is 0 Å². The number of hydrogen-bond donors (Lipinski definition) is 0. The molecule has 0 spiro atoms. The van der Waals surface area contributed by atoms with Gasteiger partial charge in [0.1, 0.15) is 12.2 Å². The minimum Gasteiger partial charge on any atom is -0.465 e. The number of hydrazone groups is 1. The molecule has 1 aliphatic rings. The number of methoxy groups -OCH3 is 1. The minimum atomic E-state index is -0.881. The van der Waals surface area contributed by atoms with Crippen molar-refractivity contribution in [3.8, 4) is 0 Å². The fourth-order valence-electron chi connectivity index (χ4n) is 1.85. The summed E-state index contributed by atoms with van der Waals surface area (Å²) in [6.45, 7) is 0. The molecule has 0 radical (unpaired) electrons. The van der Waals surface area contributed by atoms with Crippen molar-refractivity contribution in [3.63, 3.8) is 0 Å². The maximum atomic E-state index is 11.6. The first-order valence-corrected chi connectivity index (χ1v) is 5.58. The molecule has 0 aliphatic carbocycles. The Labute approximate surface area is 109 Å². The van der Waals surface area contributed by atoms with Gasteiger partial charge in [-0.3, -0.25) is 4.79 Å². The van der Waals surface area contributed by atoms with E-state index in [2.05, 4.69) is 9.84 Å². The van der Waals surface area contributed by atoms with Crippen molar-refractivity contribution in [1.82, 2.24) is 5.01 Å². The van der Waals surface area contributed by atoms with Crippen LogP contribution < -0.4 is 0 Å². The quantitative estimate of drug-likeness (QED) is 0.449. The SMILES string of the molecule is COC(=O)c1ccc(C2=NN(C)C(=O)C2C=O)cc1. The van der Waals surface area contributed by atoms with Gasteiger partial charge in [-0.1, -0.05) is 12.1 Å². The van der Waals surface area contributed by atoms with Gasteiger partial charge < -0.3 is 9.53 Å². The molecule has 1 heterocycles. The Morgan fingerprint density at radius 2 is 2.00 bits per heavy atom. The van der Waals surface area contributed by atoms with Crippen LogP contribution in [0.15, 0.2) is 29.4 Å². The second-order valence-electron chi connectivity index (χ2n) is 4.03. The largest absolute Gasteiger partial charge is 0.465 e. The third-order valence-electron chi connectivity index (χ3n) is 2.88. The Bertz CT molecular complexity index is 563. The summed E-state index contributed by atoms with van der Waals surface area (Å²) in [4.78, 5) is 33.9. The van der Waals surface area contributed by atoms with Gasteiger partial charge in [-0.2, -0.15) is 5.10 Å². The van der Waals surface area contributed by atoms with Crippen molar-refractivity contribution in [2.75, 3.05) is 14.2 Å². The zero-order valence-electron chi connectivity index (χ0n) is 10.5. The van der Waals surface area contributed by atoms with Gasteiger partial charge in [0.25, 0.3) is 5.91 Å². The molecule has 0 aromatic heterocycles. The van der Waals surface area contributed by atoms with Crippen LogP contribution in [0.3, 0.4) is 0 Å². The van der Waals surface area contributed by atoms with Gasteiger partial charge in [0.15, 0.2) is 0 Å². The van der Waals surface area contributed by atoms with Gasteiger partial charge in [0, 0.05) is 7.05 Å². The summed E-state index contributed by atoms with van der Waals surface area (Å²) in [6.07, 6.45) is 0.568. The summed E-state index contributed by atoms with van der Waals surface area (Å²) in [5, 5.41) is 5.18. The summed E-state index contributed by atoms with van der Waals surface area (Å²) < 4.78 is 4.59. The van der Waals surface area contributed by atoms with E-state index in [0.717, 1.165) is 5.01 Å². The molecule has 1 aromatic carbocycles. The molecule has 0 saturated heterocycles. The molecule has 6 heteroatoms. The molecule has 0 fully saturated rings. The van der Waals surface area contributed by atoms with E-state index in [-0.39, 0.29) is 5.91 Å². The van der Waals surface area contributed by atoms with E-state index in [4.69, 9.17) is 0 Å². The number of hydrogen-bond acceptors (Lipinski definition) is 5. The molecular formula is C13H12N2O4. The number of carbonyl (C=O) groups excluding carboxylic acids is 3. The molecule has 0 bridgehead atoms. The summed E-state index contributed by atoms with van der Waals surface area (Å²) in [6, 6.07) is 6.39. The normalized spacial score (nSPS) is 18.2. The number of amides is 1. The van der Waals surface area contributed by atoms with E-state index in [1.165, 1.54) is 14.2 Å². The Morgan fingerprint density at radius 3 is 2.53 bits per heavy atom. The van der Waals surface area contributed by atoms with Crippen LogP contribution in [0.1, 0.15) is 15.9 Å². The fraction of sp³-hybridized carbons (Fsp3) is 0.231. The fourth-order valence-corrected chi connectivity index (χ4v) is 1.85. The van der Waals surface area contributed by atoms with E-state index in [1.54, 1.807) is 24.3 Å². The molecule has 6 nitrogen and oxygen atoms in total. The molecule has 98 valence electrons. The van der Waals surface area contributed by atoms with Crippen LogP contribution >= 0.6 is 0 Å². The van der Waals surface area contributed by atoms with Gasteiger partial charge in [-0.15, -0.1) is 0 Å². The van der Waals surface area contributed by atoms with Crippen molar-refractivity contribution in [2.45, 2.75) is 0 Å². The number of benzene rings is 1. The number of rotatable bonds is 3. The monoisotopic (exact) mass is 260 g/mol. The molecule has 19 heavy (non-hydrogen) atoms. The van der Waals surface area contributed by atoms with Crippen LogP contribution in [0.2, 0.25) is 0 Å². The Morgan fingerprint density at radius 1 is 1.37 bits per heavy atom. The molecule has 1 aliphatic heterocycles. The van der Waals surface area contributed by atoms with Crippen molar-refractivity contribution in [2.24, 2.45) is 11.0 Å². The van der Waals surface area contributed by atoms with Crippen LogP contribution in [-0.2, 0) is 14.3 Å². The molecule has 1 atom stereocenters. The number of aldehydes is 1. The number of carbonyl (C=O) groups is 3. The molecule has 2 rings (SSSR count). The topological polar surface area (TPSA) is 76.0 Å². The lowest BCUT2D eigenvalue weighted by atomic mass is 9.97. The first-order valence-electron chi connectivity index (χ1n) is 5.58. The minimum absolute atomic E-state index is 0.359. The van der Waals surface area contributed by atoms with Crippen LogP contribution in [-0.4, -0.2) is 43.0 Å². The number of esters is 1. The van der Waals surface area contributed by atoms with Crippen LogP contribution in [0.4, 0.5) is 0 Å². The van der Waals surface area contributed by atoms with Crippen LogP contribution in [0.5, 0.6) is 0 Å². The Kier molecular flexibility index (Phi) is 3.41. The predicted molar refractivity (Wildman–Crippen MR) is 66.6 cm³/mol. The van der Waals surface area contributed by atoms with Gasteiger partial charge >= 0.3 is 5.97 Å². The second kappa shape index (κ2) is 5.01. The van der Waals surface area contributed by atoms with Gasteiger partial charge in [0.05, 0.1) is 18.4 Å².